The number of halogens is 1. The molecule has 0 radical (unpaired) electrons. The third-order valence-corrected chi connectivity index (χ3v) is 4.16. The fourth-order valence-electron chi connectivity index (χ4n) is 2.67. The summed E-state index contributed by atoms with van der Waals surface area (Å²) in [5, 5.41) is 21.2. The Balaban J connectivity index is 1.75. The Morgan fingerprint density at radius 3 is 2.59 bits per heavy atom. The van der Waals surface area contributed by atoms with E-state index in [9.17, 15) is 0 Å². The van der Waals surface area contributed by atoms with Crippen LogP contribution in [0, 0.1) is 11.3 Å². The van der Waals surface area contributed by atoms with Gasteiger partial charge in [0.1, 0.15) is 5.82 Å². The Labute approximate surface area is 160 Å². The van der Waals surface area contributed by atoms with Crippen molar-refractivity contribution in [3.63, 3.8) is 0 Å². The molecule has 132 valence electrons. The van der Waals surface area contributed by atoms with Crippen molar-refractivity contribution in [2.75, 3.05) is 10.6 Å². The molecule has 0 unspecified atom stereocenters. The Morgan fingerprint density at radius 2 is 1.81 bits per heavy atom. The Bertz CT molecular complexity index is 1180. The topological polar surface area (TPSA) is 91.5 Å². The molecular formula is C19H14ClN7. The van der Waals surface area contributed by atoms with E-state index in [1.54, 1.807) is 29.1 Å². The first kappa shape index (κ1) is 16.8. The van der Waals surface area contributed by atoms with Crippen LogP contribution in [0.1, 0.15) is 5.56 Å². The van der Waals surface area contributed by atoms with Crippen molar-refractivity contribution in [3.8, 4) is 6.07 Å². The second kappa shape index (κ2) is 6.94. The van der Waals surface area contributed by atoms with Crippen LogP contribution in [0.3, 0.4) is 0 Å². The molecule has 0 amide bonds. The molecule has 0 saturated carbocycles. The van der Waals surface area contributed by atoms with Crippen molar-refractivity contribution < 1.29 is 0 Å². The predicted octanol–water partition coefficient (Wildman–Crippen LogP) is 4.38. The zero-order chi connectivity index (χ0) is 18.8. The lowest BCUT2D eigenvalue weighted by atomic mass is 10.2. The van der Waals surface area contributed by atoms with E-state index < -0.39 is 0 Å². The first-order valence-electron chi connectivity index (χ1n) is 8.12. The maximum Gasteiger partial charge on any atom is 0.231 e. The molecule has 0 bridgehead atoms. The highest BCUT2D eigenvalue weighted by Gasteiger charge is 2.12. The van der Waals surface area contributed by atoms with Gasteiger partial charge >= 0.3 is 0 Å². The number of anilines is 4. The zero-order valence-corrected chi connectivity index (χ0v) is 15.1. The van der Waals surface area contributed by atoms with Crippen LogP contribution in [-0.4, -0.2) is 19.7 Å². The summed E-state index contributed by atoms with van der Waals surface area (Å²) in [6, 6.07) is 16.6. The van der Waals surface area contributed by atoms with Gasteiger partial charge in [0, 0.05) is 23.4 Å². The quantitative estimate of drug-likeness (QED) is 0.550. The zero-order valence-electron chi connectivity index (χ0n) is 14.3. The second-order valence-electron chi connectivity index (χ2n) is 5.85. The number of rotatable bonds is 4. The molecule has 0 fully saturated rings. The molecule has 8 heteroatoms. The standard InChI is InChI=1S/C19H14ClN7/c1-27-18-16(11-22-27)17(23-15-7-3-5-13(20)9-15)25-19(26-18)24-14-6-2-4-12(8-14)10-21/h2-9,11H,1H3,(H2,23,24,25,26). The molecule has 27 heavy (non-hydrogen) atoms. The summed E-state index contributed by atoms with van der Waals surface area (Å²) in [6.07, 6.45) is 1.71. The van der Waals surface area contributed by atoms with Crippen LogP contribution < -0.4 is 10.6 Å². The van der Waals surface area contributed by atoms with Crippen molar-refractivity contribution in [1.29, 1.82) is 5.26 Å². The molecule has 2 heterocycles. The van der Waals surface area contributed by atoms with Crippen molar-refractivity contribution in [2.45, 2.75) is 0 Å². The number of nitrogens with zero attached hydrogens (tertiary/aromatic N) is 5. The van der Waals surface area contributed by atoms with E-state index in [1.807, 2.05) is 37.4 Å². The maximum absolute atomic E-state index is 9.07. The molecule has 0 aliphatic heterocycles. The van der Waals surface area contributed by atoms with E-state index >= 15 is 0 Å². The summed E-state index contributed by atoms with van der Waals surface area (Å²) >= 11 is 6.07. The predicted molar refractivity (Wildman–Crippen MR) is 105 cm³/mol. The minimum Gasteiger partial charge on any atom is -0.339 e. The van der Waals surface area contributed by atoms with Gasteiger partial charge in [0.15, 0.2) is 5.65 Å². The van der Waals surface area contributed by atoms with Gasteiger partial charge < -0.3 is 10.6 Å². The van der Waals surface area contributed by atoms with Crippen LogP contribution in [0.4, 0.5) is 23.1 Å². The third kappa shape index (κ3) is 3.52. The summed E-state index contributed by atoms with van der Waals surface area (Å²) < 4.78 is 1.68. The molecule has 7 nitrogen and oxygen atoms in total. The van der Waals surface area contributed by atoms with Crippen molar-refractivity contribution in [3.05, 3.63) is 65.3 Å². The van der Waals surface area contributed by atoms with Gasteiger partial charge in [-0.1, -0.05) is 23.7 Å². The van der Waals surface area contributed by atoms with Crippen LogP contribution in [0.2, 0.25) is 5.02 Å². The van der Waals surface area contributed by atoms with Crippen LogP contribution in [0.5, 0.6) is 0 Å². The second-order valence-corrected chi connectivity index (χ2v) is 6.29. The summed E-state index contributed by atoms with van der Waals surface area (Å²) in [5.74, 6) is 1.00. The molecular weight excluding hydrogens is 362 g/mol. The van der Waals surface area contributed by atoms with Crippen molar-refractivity contribution in [1.82, 2.24) is 19.7 Å². The number of fused-ring (bicyclic) bond motifs is 1. The number of nitrogens with one attached hydrogen (secondary N) is 2. The van der Waals surface area contributed by atoms with Crippen LogP contribution >= 0.6 is 11.6 Å². The van der Waals surface area contributed by atoms with Gasteiger partial charge in [-0.2, -0.15) is 20.3 Å². The van der Waals surface area contributed by atoms with E-state index in [4.69, 9.17) is 16.9 Å². The van der Waals surface area contributed by atoms with Crippen LogP contribution in [0.15, 0.2) is 54.7 Å². The number of nitriles is 1. The normalized spacial score (nSPS) is 10.6. The molecule has 0 aliphatic rings. The van der Waals surface area contributed by atoms with E-state index in [0.717, 1.165) is 16.8 Å². The lowest BCUT2D eigenvalue weighted by Gasteiger charge is -2.11. The Hall–Kier alpha value is -3.63. The van der Waals surface area contributed by atoms with Gasteiger partial charge in [0.05, 0.1) is 23.2 Å². The molecule has 0 spiro atoms. The highest BCUT2D eigenvalue weighted by molar-refractivity contribution is 6.30. The molecule has 2 aromatic heterocycles. The van der Waals surface area contributed by atoms with Crippen molar-refractivity contribution >= 4 is 45.8 Å². The summed E-state index contributed by atoms with van der Waals surface area (Å²) in [6.45, 7) is 0. The fourth-order valence-corrected chi connectivity index (χ4v) is 2.86. The van der Waals surface area contributed by atoms with Gasteiger partial charge in [0.25, 0.3) is 0 Å². The number of hydrogen-bond donors (Lipinski definition) is 2. The Kier molecular flexibility index (Phi) is 4.32. The van der Waals surface area contributed by atoms with Crippen molar-refractivity contribution in [2.24, 2.45) is 7.05 Å². The molecule has 0 saturated heterocycles. The Morgan fingerprint density at radius 1 is 1.04 bits per heavy atom. The first-order valence-corrected chi connectivity index (χ1v) is 8.50. The molecule has 0 atom stereocenters. The fraction of sp³-hybridized carbons (Fsp3) is 0.0526. The smallest absolute Gasteiger partial charge is 0.231 e. The minimum atomic E-state index is 0.394. The number of hydrogen-bond acceptors (Lipinski definition) is 6. The lowest BCUT2D eigenvalue weighted by molar-refractivity contribution is 0.786. The summed E-state index contributed by atoms with van der Waals surface area (Å²) in [5.41, 5.74) is 2.76. The number of aromatic nitrogens is 4. The summed E-state index contributed by atoms with van der Waals surface area (Å²) in [4.78, 5) is 9.11. The maximum atomic E-state index is 9.07. The monoisotopic (exact) mass is 375 g/mol. The van der Waals surface area contributed by atoms with Crippen LogP contribution in [0.25, 0.3) is 11.0 Å². The SMILES string of the molecule is Cn1ncc2c(Nc3cccc(Cl)c3)nc(Nc3cccc(C#N)c3)nc21. The van der Waals surface area contributed by atoms with Gasteiger partial charge in [0.2, 0.25) is 5.95 Å². The largest absolute Gasteiger partial charge is 0.339 e. The number of benzene rings is 2. The van der Waals surface area contributed by atoms with Gasteiger partial charge in [-0.15, -0.1) is 0 Å². The highest BCUT2D eigenvalue weighted by Crippen LogP contribution is 2.27. The van der Waals surface area contributed by atoms with E-state index in [2.05, 4.69) is 31.8 Å². The highest BCUT2D eigenvalue weighted by atomic mass is 35.5. The first-order chi connectivity index (χ1) is 13.1. The average molecular weight is 376 g/mol. The number of aryl methyl sites for hydroxylation is 1. The molecule has 4 aromatic rings. The lowest BCUT2D eigenvalue weighted by Crippen LogP contribution is -2.03. The third-order valence-electron chi connectivity index (χ3n) is 3.93. The molecule has 2 aromatic carbocycles. The van der Waals surface area contributed by atoms with Gasteiger partial charge in [-0.25, -0.2) is 0 Å². The molecule has 0 aliphatic carbocycles. The average Bonchev–Trinajstić information content (AvgIpc) is 3.03. The van der Waals surface area contributed by atoms with E-state index in [0.29, 0.717) is 28.0 Å². The minimum absolute atomic E-state index is 0.394. The molecule has 4 rings (SSSR count). The van der Waals surface area contributed by atoms with E-state index in [-0.39, 0.29) is 0 Å². The van der Waals surface area contributed by atoms with Gasteiger partial charge in [-0.3, -0.25) is 4.68 Å². The van der Waals surface area contributed by atoms with E-state index in [1.165, 1.54) is 0 Å². The summed E-state index contributed by atoms with van der Waals surface area (Å²) in [7, 11) is 1.82. The van der Waals surface area contributed by atoms with Crippen LogP contribution in [-0.2, 0) is 7.05 Å². The molecule has 2 N–H and O–H groups in total. The van der Waals surface area contributed by atoms with Gasteiger partial charge in [-0.05, 0) is 36.4 Å².